The maximum Gasteiger partial charge on any atom is 0.291 e. The van der Waals surface area contributed by atoms with E-state index in [1.165, 1.54) is 0 Å². The molecule has 1 aliphatic heterocycles. The van der Waals surface area contributed by atoms with E-state index in [0.29, 0.717) is 40.3 Å². The Morgan fingerprint density at radius 2 is 1.88 bits per heavy atom. The summed E-state index contributed by atoms with van der Waals surface area (Å²) < 4.78 is 23.9. The molecule has 0 atom stereocenters. The van der Waals surface area contributed by atoms with Gasteiger partial charge in [0.1, 0.15) is 18.1 Å². The number of aryl methyl sites for hydroxylation is 1. The third kappa shape index (κ3) is 4.58. The molecular weight excluding hydrogens is 458 g/mol. The fourth-order valence-electron chi connectivity index (χ4n) is 3.67. The Balaban J connectivity index is 1.22. The van der Waals surface area contributed by atoms with Crippen LogP contribution >= 0.6 is 11.6 Å². The van der Waals surface area contributed by atoms with Crippen molar-refractivity contribution in [3.8, 4) is 17.2 Å². The predicted molar refractivity (Wildman–Crippen MR) is 126 cm³/mol. The summed E-state index contributed by atoms with van der Waals surface area (Å²) in [6, 6.07) is 16.3. The molecule has 34 heavy (non-hydrogen) atoms. The maximum atomic E-state index is 12.8. The number of amides is 1. The molecule has 174 valence electrons. The van der Waals surface area contributed by atoms with E-state index >= 15 is 0 Å². The molecule has 0 bridgehead atoms. The van der Waals surface area contributed by atoms with Crippen molar-refractivity contribution in [2.75, 3.05) is 12.1 Å². The van der Waals surface area contributed by atoms with E-state index in [0.717, 1.165) is 17.0 Å². The average molecular weight is 480 g/mol. The number of nitrogens with one attached hydrogen (secondary N) is 1. The van der Waals surface area contributed by atoms with Crippen molar-refractivity contribution < 1.29 is 23.4 Å². The molecule has 0 unspecified atom stereocenters. The van der Waals surface area contributed by atoms with Crippen LogP contribution in [0.1, 0.15) is 33.3 Å². The number of hydrogen-bond acceptors (Lipinski definition) is 6. The van der Waals surface area contributed by atoms with E-state index in [-0.39, 0.29) is 25.1 Å². The van der Waals surface area contributed by atoms with Crippen molar-refractivity contribution >= 4 is 23.2 Å². The molecule has 5 rings (SSSR count). The van der Waals surface area contributed by atoms with Crippen molar-refractivity contribution in [3.05, 3.63) is 88.1 Å². The van der Waals surface area contributed by atoms with Crippen LogP contribution in [0.5, 0.6) is 17.2 Å². The van der Waals surface area contributed by atoms with Crippen LogP contribution in [0.4, 0.5) is 5.69 Å². The van der Waals surface area contributed by atoms with Gasteiger partial charge in [0.2, 0.25) is 6.79 Å². The molecular formula is C25H22ClN3O5. The van der Waals surface area contributed by atoms with Crippen LogP contribution in [0.25, 0.3) is 0 Å². The normalized spacial score (nSPS) is 12.1. The summed E-state index contributed by atoms with van der Waals surface area (Å²) in [5.74, 6) is 2.30. The third-order valence-electron chi connectivity index (χ3n) is 5.48. The Labute approximate surface area is 201 Å². The lowest BCUT2D eigenvalue weighted by atomic mass is 10.2. The zero-order valence-electron chi connectivity index (χ0n) is 18.6. The van der Waals surface area contributed by atoms with Crippen molar-refractivity contribution in [1.82, 2.24) is 9.78 Å². The number of carbonyl (C=O) groups is 1. The van der Waals surface area contributed by atoms with Gasteiger partial charge in [0.15, 0.2) is 17.3 Å². The number of fused-ring (bicyclic) bond motifs is 1. The molecule has 2 aromatic heterocycles. The number of ether oxygens (including phenoxy) is 3. The van der Waals surface area contributed by atoms with E-state index in [9.17, 15) is 4.79 Å². The molecule has 0 saturated carbocycles. The van der Waals surface area contributed by atoms with Crippen molar-refractivity contribution in [2.24, 2.45) is 0 Å². The highest BCUT2D eigenvalue weighted by Crippen LogP contribution is 2.35. The minimum absolute atomic E-state index is 0.171. The monoisotopic (exact) mass is 479 g/mol. The quantitative estimate of drug-likeness (QED) is 0.384. The van der Waals surface area contributed by atoms with Crippen molar-refractivity contribution in [3.63, 3.8) is 0 Å². The average Bonchev–Trinajstić information content (AvgIpc) is 3.55. The fourth-order valence-corrected chi connectivity index (χ4v) is 3.79. The second-order valence-electron chi connectivity index (χ2n) is 7.85. The first-order valence-electron chi connectivity index (χ1n) is 10.7. The fraction of sp³-hybridized carbons (Fsp3) is 0.200. The summed E-state index contributed by atoms with van der Waals surface area (Å²) in [7, 11) is 0. The zero-order valence-corrected chi connectivity index (χ0v) is 19.4. The lowest BCUT2D eigenvalue weighted by molar-refractivity contribution is 0.0992. The molecule has 0 saturated heterocycles. The lowest BCUT2D eigenvalue weighted by Crippen LogP contribution is -2.12. The van der Waals surface area contributed by atoms with E-state index in [1.54, 1.807) is 30.3 Å². The second kappa shape index (κ2) is 9.15. The number of nitrogens with zero attached hydrogens (tertiary/aromatic N) is 2. The Morgan fingerprint density at radius 1 is 1.09 bits per heavy atom. The highest BCUT2D eigenvalue weighted by Gasteiger charge is 2.18. The molecule has 4 aromatic rings. The van der Waals surface area contributed by atoms with Gasteiger partial charge in [-0.3, -0.25) is 9.48 Å². The summed E-state index contributed by atoms with van der Waals surface area (Å²) in [6.07, 6.45) is 0. The van der Waals surface area contributed by atoms with Crippen molar-refractivity contribution in [1.29, 1.82) is 0 Å². The first-order valence-corrected chi connectivity index (χ1v) is 11.0. The van der Waals surface area contributed by atoms with Crippen molar-refractivity contribution in [2.45, 2.75) is 27.0 Å². The third-order valence-corrected chi connectivity index (χ3v) is 5.73. The molecule has 0 fully saturated rings. The second-order valence-corrected chi connectivity index (χ2v) is 8.29. The first-order chi connectivity index (χ1) is 16.5. The van der Waals surface area contributed by atoms with Gasteiger partial charge in [0.25, 0.3) is 5.91 Å². The van der Waals surface area contributed by atoms with Crippen LogP contribution in [0.2, 0.25) is 5.02 Å². The SMILES string of the molecule is Cc1nn(Cc2ccc(Cl)cc2)c(C)c1NC(=O)c1ccc(COc2ccc3c(c2)OCO3)o1. The van der Waals surface area contributed by atoms with Gasteiger partial charge in [0, 0.05) is 11.1 Å². The number of rotatable bonds is 7. The lowest BCUT2D eigenvalue weighted by Gasteiger charge is -2.07. The van der Waals surface area contributed by atoms with E-state index < -0.39 is 0 Å². The molecule has 1 N–H and O–H groups in total. The molecule has 0 spiro atoms. The summed E-state index contributed by atoms with van der Waals surface area (Å²) >= 11 is 5.97. The minimum Gasteiger partial charge on any atom is -0.486 e. The number of hydrogen-bond donors (Lipinski definition) is 1. The number of halogens is 1. The van der Waals surface area contributed by atoms with E-state index in [4.69, 9.17) is 30.2 Å². The summed E-state index contributed by atoms with van der Waals surface area (Å²) in [5, 5.41) is 8.17. The summed E-state index contributed by atoms with van der Waals surface area (Å²) in [5.41, 5.74) is 3.29. The highest BCUT2D eigenvalue weighted by atomic mass is 35.5. The maximum absolute atomic E-state index is 12.8. The van der Waals surface area contributed by atoms with Gasteiger partial charge in [-0.15, -0.1) is 0 Å². The topological polar surface area (TPSA) is 87.8 Å². The van der Waals surface area contributed by atoms with Gasteiger partial charge in [-0.05, 0) is 55.8 Å². The largest absolute Gasteiger partial charge is 0.486 e. The Bertz CT molecular complexity index is 1340. The van der Waals surface area contributed by atoms with E-state index in [1.807, 2.05) is 42.8 Å². The number of aromatic nitrogens is 2. The number of carbonyl (C=O) groups excluding carboxylic acids is 1. The molecule has 1 amide bonds. The van der Waals surface area contributed by atoms with Gasteiger partial charge in [-0.25, -0.2) is 0 Å². The molecule has 1 aliphatic rings. The summed E-state index contributed by atoms with van der Waals surface area (Å²) in [6.45, 7) is 4.71. The van der Waals surface area contributed by atoms with Gasteiger partial charge in [0.05, 0.1) is 23.6 Å². The zero-order chi connectivity index (χ0) is 23.7. The number of benzene rings is 2. The predicted octanol–water partition coefficient (Wildman–Crippen LogP) is 5.35. The summed E-state index contributed by atoms with van der Waals surface area (Å²) in [4.78, 5) is 12.8. The standard InChI is InChI=1S/C25H22ClN3O5/c1-15-24(16(2)29(28-15)12-17-3-5-18(26)6-4-17)27-25(30)22-10-8-20(34-22)13-31-19-7-9-21-23(11-19)33-14-32-21/h3-11H,12-14H2,1-2H3,(H,27,30). The number of furan rings is 1. The molecule has 3 heterocycles. The molecule has 0 radical (unpaired) electrons. The Hall–Kier alpha value is -3.91. The van der Waals surface area contributed by atoms with E-state index in [2.05, 4.69) is 10.4 Å². The van der Waals surface area contributed by atoms with Crippen LogP contribution < -0.4 is 19.5 Å². The highest BCUT2D eigenvalue weighted by molar-refractivity contribution is 6.30. The Morgan fingerprint density at radius 3 is 2.71 bits per heavy atom. The first kappa shape index (κ1) is 21.9. The van der Waals surface area contributed by atoms with Crippen LogP contribution in [0.15, 0.2) is 59.0 Å². The smallest absolute Gasteiger partial charge is 0.291 e. The minimum atomic E-state index is -0.355. The molecule has 8 nitrogen and oxygen atoms in total. The van der Waals surface area contributed by atoms with Crippen LogP contribution in [0, 0.1) is 13.8 Å². The Kier molecular flexibility index (Phi) is 5.90. The number of anilines is 1. The molecule has 9 heteroatoms. The van der Waals surface area contributed by atoms with Gasteiger partial charge >= 0.3 is 0 Å². The van der Waals surface area contributed by atoms with Gasteiger partial charge < -0.3 is 23.9 Å². The molecule has 2 aromatic carbocycles. The van der Waals surface area contributed by atoms with Gasteiger partial charge in [-0.1, -0.05) is 23.7 Å². The van der Waals surface area contributed by atoms with Crippen LogP contribution in [0.3, 0.4) is 0 Å². The van der Waals surface area contributed by atoms with Gasteiger partial charge in [-0.2, -0.15) is 5.10 Å². The molecule has 0 aliphatic carbocycles. The van der Waals surface area contributed by atoms with Crippen LogP contribution in [-0.4, -0.2) is 22.5 Å². The van der Waals surface area contributed by atoms with Crippen LogP contribution in [-0.2, 0) is 13.2 Å².